The Labute approximate surface area is 93.2 Å². The molecule has 0 saturated carbocycles. The molecule has 1 rings (SSSR count). The van der Waals surface area contributed by atoms with Crippen molar-refractivity contribution in [2.75, 3.05) is 19.6 Å². The fourth-order valence-electron chi connectivity index (χ4n) is 0.936. The van der Waals surface area contributed by atoms with Crippen LogP contribution >= 0.6 is 11.6 Å². The maximum Gasteiger partial charge on any atom is 0.356 e. The number of esters is 1. The highest BCUT2D eigenvalue weighted by molar-refractivity contribution is 6.17. The van der Waals surface area contributed by atoms with E-state index in [9.17, 15) is 4.79 Å². The molecule has 0 aliphatic carbocycles. The number of alkyl halides is 1. The number of hydrogen-bond donors (Lipinski definition) is 0. The highest BCUT2D eigenvalue weighted by atomic mass is 35.5. The van der Waals surface area contributed by atoms with E-state index in [0.29, 0.717) is 18.2 Å². The summed E-state index contributed by atoms with van der Waals surface area (Å²) in [5.41, 5.74) is 0.266. The first kappa shape index (κ1) is 11.8. The summed E-state index contributed by atoms with van der Waals surface area (Å²) in [5.74, 6) is 0.725. The van der Waals surface area contributed by atoms with Crippen LogP contribution < -0.4 is 4.74 Å². The Hall–Kier alpha value is -1.29. The monoisotopic (exact) mass is 229 g/mol. The molecule has 0 spiro atoms. The van der Waals surface area contributed by atoms with Gasteiger partial charge >= 0.3 is 5.97 Å². The first-order valence-electron chi connectivity index (χ1n) is 4.51. The van der Waals surface area contributed by atoms with Gasteiger partial charge in [0.15, 0.2) is 0 Å². The molecular weight excluding hydrogens is 218 g/mol. The lowest BCUT2D eigenvalue weighted by atomic mass is 10.3. The van der Waals surface area contributed by atoms with Crippen molar-refractivity contribution >= 4 is 17.6 Å². The van der Waals surface area contributed by atoms with Crippen molar-refractivity contribution in [2.24, 2.45) is 0 Å². The Kier molecular flexibility index (Phi) is 4.90. The summed E-state index contributed by atoms with van der Waals surface area (Å²) in [6.45, 7) is 0.544. The van der Waals surface area contributed by atoms with Gasteiger partial charge in [-0.3, -0.25) is 0 Å². The summed E-state index contributed by atoms with van der Waals surface area (Å²) in [4.78, 5) is 14.9. The van der Waals surface area contributed by atoms with Crippen molar-refractivity contribution in [3.05, 3.63) is 24.0 Å². The van der Waals surface area contributed by atoms with E-state index in [1.54, 1.807) is 12.1 Å². The van der Waals surface area contributed by atoms with Gasteiger partial charge in [0.05, 0.1) is 19.9 Å². The van der Waals surface area contributed by atoms with Crippen LogP contribution in [0.15, 0.2) is 18.3 Å². The third-order valence-corrected chi connectivity index (χ3v) is 1.94. The van der Waals surface area contributed by atoms with Crippen LogP contribution in [0.4, 0.5) is 0 Å². The van der Waals surface area contributed by atoms with Gasteiger partial charge in [0.25, 0.3) is 0 Å². The topological polar surface area (TPSA) is 48.4 Å². The molecule has 0 amide bonds. The Morgan fingerprint density at radius 3 is 2.87 bits per heavy atom. The Morgan fingerprint density at radius 1 is 1.53 bits per heavy atom. The number of carbonyl (C=O) groups excluding carboxylic acids is 1. The van der Waals surface area contributed by atoms with E-state index in [4.69, 9.17) is 16.3 Å². The van der Waals surface area contributed by atoms with Crippen LogP contribution in [-0.2, 0) is 4.74 Å². The minimum absolute atomic E-state index is 0.266. The molecule has 0 N–H and O–H groups in total. The molecule has 0 saturated heterocycles. The normalized spacial score (nSPS) is 9.73. The zero-order chi connectivity index (χ0) is 11.1. The number of pyridine rings is 1. The van der Waals surface area contributed by atoms with Crippen molar-refractivity contribution in [2.45, 2.75) is 6.42 Å². The fourth-order valence-corrected chi connectivity index (χ4v) is 1.04. The first-order chi connectivity index (χ1) is 7.27. The maximum absolute atomic E-state index is 11.0. The van der Waals surface area contributed by atoms with Crippen molar-refractivity contribution in [1.82, 2.24) is 4.98 Å². The van der Waals surface area contributed by atoms with E-state index in [2.05, 4.69) is 9.72 Å². The van der Waals surface area contributed by atoms with Crippen LogP contribution in [0, 0.1) is 0 Å². The molecule has 1 heterocycles. The molecule has 0 aliphatic rings. The second-order valence-corrected chi connectivity index (χ2v) is 3.14. The van der Waals surface area contributed by atoms with Crippen molar-refractivity contribution in [1.29, 1.82) is 0 Å². The summed E-state index contributed by atoms with van der Waals surface area (Å²) in [6.07, 6.45) is 2.26. The lowest BCUT2D eigenvalue weighted by Gasteiger charge is -2.04. The summed E-state index contributed by atoms with van der Waals surface area (Å²) in [7, 11) is 1.31. The van der Waals surface area contributed by atoms with Gasteiger partial charge in [0.2, 0.25) is 0 Å². The largest absolute Gasteiger partial charge is 0.492 e. The zero-order valence-electron chi connectivity index (χ0n) is 8.40. The third kappa shape index (κ3) is 3.75. The number of aromatic nitrogens is 1. The number of rotatable bonds is 5. The highest BCUT2D eigenvalue weighted by Gasteiger charge is 2.06. The second kappa shape index (κ2) is 6.24. The number of halogens is 1. The third-order valence-electron chi connectivity index (χ3n) is 1.68. The minimum atomic E-state index is -0.456. The molecule has 0 aromatic carbocycles. The Balaban J connectivity index is 2.52. The van der Waals surface area contributed by atoms with Gasteiger partial charge in [-0.25, -0.2) is 9.78 Å². The quantitative estimate of drug-likeness (QED) is 0.439. The molecule has 15 heavy (non-hydrogen) atoms. The van der Waals surface area contributed by atoms with Gasteiger partial charge in [-0.15, -0.1) is 11.6 Å². The number of methoxy groups -OCH3 is 1. The molecule has 0 radical (unpaired) electrons. The fraction of sp³-hybridized carbons (Fsp3) is 0.400. The first-order valence-corrected chi connectivity index (χ1v) is 5.04. The van der Waals surface area contributed by atoms with Gasteiger partial charge < -0.3 is 9.47 Å². The molecule has 1 aromatic heterocycles. The van der Waals surface area contributed by atoms with Crippen LogP contribution in [0.3, 0.4) is 0 Å². The minimum Gasteiger partial charge on any atom is -0.492 e. The van der Waals surface area contributed by atoms with Crippen LogP contribution in [0.1, 0.15) is 16.9 Å². The van der Waals surface area contributed by atoms with Gasteiger partial charge in [0.1, 0.15) is 11.4 Å². The Bertz CT molecular complexity index is 313. The summed E-state index contributed by atoms with van der Waals surface area (Å²) < 4.78 is 9.83. The average Bonchev–Trinajstić information content (AvgIpc) is 2.29. The molecule has 1 aromatic rings. The van der Waals surface area contributed by atoms with Gasteiger partial charge in [0, 0.05) is 5.88 Å². The van der Waals surface area contributed by atoms with E-state index in [1.165, 1.54) is 13.3 Å². The van der Waals surface area contributed by atoms with Crippen molar-refractivity contribution in [3.8, 4) is 5.75 Å². The van der Waals surface area contributed by atoms with Crippen LogP contribution in [0.2, 0.25) is 0 Å². The predicted octanol–water partition coefficient (Wildman–Crippen LogP) is 1.88. The molecule has 0 aliphatic heterocycles. The predicted molar refractivity (Wildman–Crippen MR) is 56.4 cm³/mol. The van der Waals surface area contributed by atoms with Crippen LogP contribution in [0.25, 0.3) is 0 Å². The summed E-state index contributed by atoms with van der Waals surface area (Å²) in [5, 5.41) is 0. The molecule has 0 fully saturated rings. The molecular formula is C10H12ClNO3. The number of ether oxygens (including phenoxy) is 2. The molecule has 5 heteroatoms. The van der Waals surface area contributed by atoms with Gasteiger partial charge in [-0.1, -0.05) is 0 Å². The van der Waals surface area contributed by atoms with E-state index < -0.39 is 5.97 Å². The molecule has 4 nitrogen and oxygen atoms in total. The summed E-state index contributed by atoms with van der Waals surface area (Å²) >= 11 is 5.50. The van der Waals surface area contributed by atoms with Gasteiger partial charge in [-0.2, -0.15) is 0 Å². The number of hydrogen-bond acceptors (Lipinski definition) is 4. The van der Waals surface area contributed by atoms with Crippen molar-refractivity contribution in [3.63, 3.8) is 0 Å². The lowest BCUT2D eigenvalue weighted by molar-refractivity contribution is 0.0594. The smallest absolute Gasteiger partial charge is 0.356 e. The van der Waals surface area contributed by atoms with Crippen molar-refractivity contribution < 1.29 is 14.3 Å². The second-order valence-electron chi connectivity index (χ2n) is 2.76. The van der Waals surface area contributed by atoms with Crippen LogP contribution in [0.5, 0.6) is 5.75 Å². The molecule has 0 atom stereocenters. The Morgan fingerprint density at radius 2 is 2.33 bits per heavy atom. The van der Waals surface area contributed by atoms with E-state index in [-0.39, 0.29) is 5.69 Å². The van der Waals surface area contributed by atoms with Crippen LogP contribution in [-0.4, -0.2) is 30.5 Å². The number of nitrogens with zero attached hydrogens (tertiary/aromatic N) is 1. The molecule has 0 bridgehead atoms. The van der Waals surface area contributed by atoms with E-state index >= 15 is 0 Å². The van der Waals surface area contributed by atoms with E-state index in [1.807, 2.05) is 0 Å². The van der Waals surface area contributed by atoms with E-state index in [0.717, 1.165) is 6.42 Å². The molecule has 0 unspecified atom stereocenters. The molecule has 82 valence electrons. The van der Waals surface area contributed by atoms with Gasteiger partial charge in [-0.05, 0) is 18.6 Å². The summed E-state index contributed by atoms with van der Waals surface area (Å²) in [6, 6.07) is 3.23. The zero-order valence-corrected chi connectivity index (χ0v) is 9.16. The standard InChI is InChI=1S/C10H12ClNO3/c1-14-10(13)9-4-3-8(7-12-9)15-6-2-5-11/h3-4,7H,2,5-6H2,1H3. The SMILES string of the molecule is COC(=O)c1ccc(OCCCCl)cn1. The maximum atomic E-state index is 11.0. The highest BCUT2D eigenvalue weighted by Crippen LogP contribution is 2.10. The number of carbonyl (C=O) groups is 1. The average molecular weight is 230 g/mol. The lowest BCUT2D eigenvalue weighted by Crippen LogP contribution is -2.04.